The smallest absolute Gasteiger partial charge is 0.266 e. The molecule has 0 spiro atoms. The average molecular weight is 432 g/mol. The zero-order chi connectivity index (χ0) is 21.5. The minimum atomic E-state index is -0.339. The molecule has 0 bridgehead atoms. The second-order valence-electron chi connectivity index (χ2n) is 7.24. The van der Waals surface area contributed by atoms with Gasteiger partial charge in [0, 0.05) is 10.7 Å². The second-order valence-corrected chi connectivity index (χ2v) is 7.67. The molecule has 8 nitrogen and oxygen atoms in total. The lowest BCUT2D eigenvalue weighted by molar-refractivity contribution is 0.821. The highest BCUT2D eigenvalue weighted by Crippen LogP contribution is 2.29. The first kappa shape index (κ1) is 19.2. The number of aromatic amines is 1. The van der Waals surface area contributed by atoms with Crippen LogP contribution in [-0.4, -0.2) is 29.3 Å². The lowest BCUT2D eigenvalue weighted by atomic mass is 10.0. The Morgan fingerprint density at radius 1 is 1.13 bits per heavy atom. The normalized spacial score (nSPS) is 12.4. The molecule has 0 saturated heterocycles. The molecule has 0 aliphatic heterocycles. The highest BCUT2D eigenvalue weighted by Gasteiger charge is 2.21. The van der Waals surface area contributed by atoms with Gasteiger partial charge in [-0.2, -0.15) is 0 Å². The van der Waals surface area contributed by atoms with Gasteiger partial charge in [0.15, 0.2) is 11.5 Å². The second kappa shape index (κ2) is 7.48. The van der Waals surface area contributed by atoms with E-state index in [1.165, 1.54) is 6.33 Å². The fraction of sp³-hybridized carbons (Fsp3) is 0.136. The van der Waals surface area contributed by atoms with Crippen molar-refractivity contribution in [2.24, 2.45) is 0 Å². The Bertz CT molecular complexity index is 1490. The highest BCUT2D eigenvalue weighted by atomic mass is 35.5. The Morgan fingerprint density at radius 3 is 2.81 bits per heavy atom. The van der Waals surface area contributed by atoms with Crippen LogP contribution in [0.5, 0.6) is 0 Å². The molecule has 0 aliphatic carbocycles. The van der Waals surface area contributed by atoms with Gasteiger partial charge >= 0.3 is 0 Å². The van der Waals surface area contributed by atoms with Crippen molar-refractivity contribution in [3.8, 4) is 11.1 Å². The van der Waals surface area contributed by atoms with E-state index in [2.05, 4.69) is 25.3 Å². The van der Waals surface area contributed by atoms with E-state index < -0.39 is 0 Å². The van der Waals surface area contributed by atoms with E-state index in [4.69, 9.17) is 16.6 Å². The van der Waals surface area contributed by atoms with Crippen molar-refractivity contribution < 1.29 is 0 Å². The van der Waals surface area contributed by atoms with Gasteiger partial charge in [-0.15, -0.1) is 0 Å². The van der Waals surface area contributed by atoms with Crippen LogP contribution in [0, 0.1) is 6.92 Å². The number of nitrogens with zero attached hydrogens (tertiary/aromatic N) is 5. The monoisotopic (exact) mass is 431 g/mol. The fourth-order valence-corrected chi connectivity index (χ4v) is 3.92. The standard InChI is InChI=1S/C22H18ClN7O/c1-12-5-3-8-16-29-18(13(2)28-21-19-20(25-10-24-19)26-11-27-21)17(22(31)30(12)16)14-6-4-7-15(23)9-14/h3-11,13H,1-2H3,(H2,24,25,26,27,28). The number of halogens is 1. The number of hydrogen-bond acceptors (Lipinski definition) is 6. The Kier molecular flexibility index (Phi) is 4.63. The Labute approximate surface area is 182 Å². The van der Waals surface area contributed by atoms with E-state index in [1.54, 1.807) is 22.9 Å². The van der Waals surface area contributed by atoms with Crippen LogP contribution in [0.3, 0.4) is 0 Å². The number of aromatic nitrogens is 6. The largest absolute Gasteiger partial charge is 0.360 e. The molecular weight excluding hydrogens is 414 g/mol. The number of pyridine rings is 1. The van der Waals surface area contributed by atoms with Crippen LogP contribution in [0.2, 0.25) is 5.02 Å². The zero-order valence-corrected chi connectivity index (χ0v) is 17.6. The Morgan fingerprint density at radius 2 is 1.97 bits per heavy atom. The third-order valence-electron chi connectivity index (χ3n) is 5.17. The lowest BCUT2D eigenvalue weighted by Crippen LogP contribution is -2.24. The summed E-state index contributed by atoms with van der Waals surface area (Å²) < 4.78 is 1.62. The van der Waals surface area contributed by atoms with Gasteiger partial charge in [-0.1, -0.05) is 29.8 Å². The summed E-state index contributed by atoms with van der Waals surface area (Å²) in [6.07, 6.45) is 3.01. The topological polar surface area (TPSA) is 101 Å². The van der Waals surface area contributed by atoms with Gasteiger partial charge < -0.3 is 10.3 Å². The van der Waals surface area contributed by atoms with Gasteiger partial charge in [-0.3, -0.25) is 9.20 Å². The van der Waals surface area contributed by atoms with Crippen LogP contribution < -0.4 is 10.9 Å². The number of fused-ring (bicyclic) bond motifs is 2. The van der Waals surface area contributed by atoms with E-state index in [1.807, 2.05) is 44.2 Å². The number of hydrogen-bond donors (Lipinski definition) is 2. The SMILES string of the molecule is Cc1cccc2nc(C(C)Nc3ncnc4nc[nH]c34)c(-c3cccc(Cl)c3)c(=O)n12. The maximum Gasteiger partial charge on any atom is 0.266 e. The summed E-state index contributed by atoms with van der Waals surface area (Å²) >= 11 is 6.24. The number of nitrogens with one attached hydrogen (secondary N) is 2. The molecule has 2 N–H and O–H groups in total. The van der Waals surface area contributed by atoms with E-state index in [-0.39, 0.29) is 11.6 Å². The first-order valence-corrected chi connectivity index (χ1v) is 10.1. The predicted octanol–water partition coefficient (Wildman–Crippen LogP) is 4.16. The molecule has 31 heavy (non-hydrogen) atoms. The maximum atomic E-state index is 13.6. The number of rotatable bonds is 4. The molecule has 1 aromatic carbocycles. The summed E-state index contributed by atoms with van der Waals surface area (Å²) in [5, 5.41) is 3.90. The minimum absolute atomic E-state index is 0.150. The van der Waals surface area contributed by atoms with Gasteiger partial charge in [0.25, 0.3) is 5.56 Å². The van der Waals surface area contributed by atoms with Gasteiger partial charge in [0.05, 0.1) is 23.6 Å². The molecule has 4 aromatic heterocycles. The van der Waals surface area contributed by atoms with Crippen LogP contribution in [0.15, 0.2) is 59.9 Å². The van der Waals surface area contributed by atoms with Crippen LogP contribution in [-0.2, 0) is 0 Å². The van der Waals surface area contributed by atoms with Crippen molar-refractivity contribution in [3.05, 3.63) is 81.9 Å². The van der Waals surface area contributed by atoms with Crippen molar-refractivity contribution in [3.63, 3.8) is 0 Å². The zero-order valence-electron chi connectivity index (χ0n) is 16.8. The molecule has 1 atom stereocenters. The lowest BCUT2D eigenvalue weighted by Gasteiger charge is -2.19. The van der Waals surface area contributed by atoms with E-state index in [9.17, 15) is 4.79 Å². The highest BCUT2D eigenvalue weighted by molar-refractivity contribution is 6.30. The summed E-state index contributed by atoms with van der Waals surface area (Å²) in [6, 6.07) is 12.5. The van der Waals surface area contributed by atoms with Crippen molar-refractivity contribution in [2.45, 2.75) is 19.9 Å². The van der Waals surface area contributed by atoms with E-state index in [0.29, 0.717) is 44.5 Å². The minimum Gasteiger partial charge on any atom is -0.360 e. The maximum absolute atomic E-state index is 13.6. The van der Waals surface area contributed by atoms with Gasteiger partial charge in [-0.25, -0.2) is 19.9 Å². The predicted molar refractivity (Wildman–Crippen MR) is 120 cm³/mol. The third-order valence-corrected chi connectivity index (χ3v) is 5.41. The molecule has 154 valence electrons. The molecule has 5 aromatic rings. The van der Waals surface area contributed by atoms with Crippen molar-refractivity contribution in [2.75, 3.05) is 5.32 Å². The summed E-state index contributed by atoms with van der Waals surface area (Å²) in [5.74, 6) is 0.582. The van der Waals surface area contributed by atoms with Gasteiger partial charge in [0.2, 0.25) is 0 Å². The summed E-state index contributed by atoms with van der Waals surface area (Å²) in [7, 11) is 0. The molecule has 0 fully saturated rings. The molecular formula is C22H18ClN7O. The quantitative estimate of drug-likeness (QED) is 0.443. The summed E-state index contributed by atoms with van der Waals surface area (Å²) in [6.45, 7) is 3.82. The van der Waals surface area contributed by atoms with Crippen LogP contribution in [0.25, 0.3) is 27.9 Å². The van der Waals surface area contributed by atoms with Crippen LogP contribution in [0.4, 0.5) is 5.82 Å². The van der Waals surface area contributed by atoms with E-state index >= 15 is 0 Å². The number of benzene rings is 1. The number of anilines is 1. The molecule has 9 heteroatoms. The number of imidazole rings is 1. The molecule has 5 rings (SSSR count). The van der Waals surface area contributed by atoms with Gasteiger partial charge in [0.1, 0.15) is 17.5 Å². The molecule has 4 heterocycles. The fourth-order valence-electron chi connectivity index (χ4n) is 3.73. The average Bonchev–Trinajstić information content (AvgIpc) is 3.23. The van der Waals surface area contributed by atoms with Crippen molar-refractivity contribution in [1.82, 2.24) is 29.3 Å². The van der Waals surface area contributed by atoms with Crippen LogP contribution >= 0.6 is 11.6 Å². The van der Waals surface area contributed by atoms with Crippen molar-refractivity contribution >= 4 is 34.2 Å². The molecule has 0 radical (unpaired) electrons. The number of H-pyrrole nitrogens is 1. The molecule has 0 saturated carbocycles. The molecule has 0 aliphatic rings. The van der Waals surface area contributed by atoms with Gasteiger partial charge in [-0.05, 0) is 43.7 Å². The summed E-state index contributed by atoms with van der Waals surface area (Å²) in [4.78, 5) is 34.2. The van der Waals surface area contributed by atoms with Crippen LogP contribution in [0.1, 0.15) is 24.4 Å². The number of aryl methyl sites for hydroxylation is 1. The molecule has 0 amide bonds. The Balaban J connectivity index is 1.72. The van der Waals surface area contributed by atoms with Crippen molar-refractivity contribution in [1.29, 1.82) is 0 Å². The third kappa shape index (κ3) is 3.30. The molecule has 1 unspecified atom stereocenters. The first-order valence-electron chi connectivity index (χ1n) is 9.72. The van der Waals surface area contributed by atoms with E-state index in [0.717, 1.165) is 5.69 Å². The first-order chi connectivity index (χ1) is 15.0. The Hall–Kier alpha value is -3.78. The summed E-state index contributed by atoms with van der Waals surface area (Å²) in [5.41, 5.74) is 4.28.